The van der Waals surface area contributed by atoms with Crippen molar-refractivity contribution in [3.8, 4) is 0 Å². The van der Waals surface area contributed by atoms with Crippen LogP contribution in [0.25, 0.3) is 0 Å². The molecule has 0 atom stereocenters. The Labute approximate surface area is 134 Å². The second kappa shape index (κ2) is 7.33. The molecule has 2 N–H and O–H groups in total. The van der Waals surface area contributed by atoms with Gasteiger partial charge in [-0.25, -0.2) is 0 Å². The molecule has 0 radical (unpaired) electrons. The summed E-state index contributed by atoms with van der Waals surface area (Å²) < 4.78 is 0. The van der Waals surface area contributed by atoms with Crippen LogP contribution in [0.2, 0.25) is 0 Å². The molecule has 3 nitrogen and oxygen atoms in total. The number of nitrogens with two attached hydrogens (primary N) is 1. The van der Waals surface area contributed by atoms with Crippen molar-refractivity contribution in [3.63, 3.8) is 0 Å². The van der Waals surface area contributed by atoms with Crippen LogP contribution >= 0.6 is 23.6 Å². The predicted octanol–water partition coefficient (Wildman–Crippen LogP) is 3.37. The number of aryl methyl sites for hydroxylation is 1. The fourth-order valence-electron chi connectivity index (χ4n) is 2.03. The van der Waals surface area contributed by atoms with Crippen LogP contribution in [0.1, 0.15) is 23.3 Å². The van der Waals surface area contributed by atoms with Crippen molar-refractivity contribution >= 4 is 40.1 Å². The fourth-order valence-corrected chi connectivity index (χ4v) is 2.92. The third-order valence-corrected chi connectivity index (χ3v) is 4.48. The van der Waals surface area contributed by atoms with Gasteiger partial charge in [0.2, 0.25) is 5.91 Å². The van der Waals surface area contributed by atoms with Gasteiger partial charge >= 0.3 is 0 Å². The summed E-state index contributed by atoms with van der Waals surface area (Å²) in [6, 6.07) is 11.6. The molecule has 1 amide bonds. The first-order chi connectivity index (χ1) is 10.1. The van der Waals surface area contributed by atoms with Crippen LogP contribution < -0.4 is 10.6 Å². The van der Waals surface area contributed by atoms with E-state index in [2.05, 4.69) is 11.4 Å². The summed E-state index contributed by atoms with van der Waals surface area (Å²) in [6.45, 7) is 0. The van der Waals surface area contributed by atoms with E-state index in [-0.39, 0.29) is 5.91 Å². The minimum atomic E-state index is 0.120. The molecule has 110 valence electrons. The van der Waals surface area contributed by atoms with E-state index in [1.807, 2.05) is 30.3 Å². The van der Waals surface area contributed by atoms with Gasteiger partial charge in [0.25, 0.3) is 0 Å². The number of nitrogens with zero attached hydrogens (tertiary/aromatic N) is 1. The van der Waals surface area contributed by atoms with E-state index < -0.39 is 0 Å². The topological polar surface area (TPSA) is 46.3 Å². The average molecular weight is 318 g/mol. The molecule has 1 heterocycles. The van der Waals surface area contributed by atoms with Crippen molar-refractivity contribution in [2.24, 2.45) is 5.73 Å². The highest BCUT2D eigenvalue weighted by molar-refractivity contribution is 7.80. The van der Waals surface area contributed by atoms with Crippen LogP contribution in [0.5, 0.6) is 0 Å². The van der Waals surface area contributed by atoms with Gasteiger partial charge in [0.1, 0.15) is 4.99 Å². The Morgan fingerprint density at radius 1 is 1.29 bits per heavy atom. The van der Waals surface area contributed by atoms with Crippen LogP contribution in [0.3, 0.4) is 0 Å². The Balaban J connectivity index is 1.87. The van der Waals surface area contributed by atoms with Gasteiger partial charge in [0, 0.05) is 29.6 Å². The van der Waals surface area contributed by atoms with E-state index in [1.165, 1.54) is 4.88 Å². The standard InChI is InChI=1S/C16H18N2OS2/c1-18(13-9-7-12(8-10-13)16(17)20)15(19)6-2-4-14-5-3-11-21-14/h3,5,7-11H,2,4,6H2,1H3,(H2,17,20). The first-order valence-electron chi connectivity index (χ1n) is 6.76. The first kappa shape index (κ1) is 15.7. The van der Waals surface area contributed by atoms with E-state index in [1.54, 1.807) is 23.3 Å². The largest absolute Gasteiger partial charge is 0.389 e. The van der Waals surface area contributed by atoms with Crippen molar-refractivity contribution in [3.05, 3.63) is 52.2 Å². The molecule has 0 bridgehead atoms. The number of hydrogen-bond donors (Lipinski definition) is 1. The number of hydrogen-bond acceptors (Lipinski definition) is 3. The monoisotopic (exact) mass is 318 g/mol. The van der Waals surface area contributed by atoms with Crippen LogP contribution in [-0.4, -0.2) is 17.9 Å². The second-order valence-electron chi connectivity index (χ2n) is 4.80. The van der Waals surface area contributed by atoms with Crippen LogP contribution in [0.15, 0.2) is 41.8 Å². The Morgan fingerprint density at radius 2 is 2.00 bits per heavy atom. The molecule has 0 aliphatic heterocycles. The molecule has 0 saturated carbocycles. The second-order valence-corrected chi connectivity index (χ2v) is 6.27. The molecule has 0 aliphatic carbocycles. The van der Waals surface area contributed by atoms with E-state index in [9.17, 15) is 4.79 Å². The minimum Gasteiger partial charge on any atom is -0.389 e. The highest BCUT2D eigenvalue weighted by Crippen LogP contribution is 2.17. The van der Waals surface area contributed by atoms with Gasteiger partial charge in [-0.15, -0.1) is 11.3 Å². The lowest BCUT2D eigenvalue weighted by molar-refractivity contribution is -0.118. The van der Waals surface area contributed by atoms with Crippen molar-refractivity contribution in [1.29, 1.82) is 0 Å². The normalized spacial score (nSPS) is 10.3. The minimum absolute atomic E-state index is 0.120. The molecule has 2 rings (SSSR count). The van der Waals surface area contributed by atoms with Gasteiger partial charge in [-0.3, -0.25) is 4.79 Å². The van der Waals surface area contributed by atoms with E-state index >= 15 is 0 Å². The molecule has 21 heavy (non-hydrogen) atoms. The molecular weight excluding hydrogens is 300 g/mol. The Kier molecular flexibility index (Phi) is 5.47. The molecular formula is C16H18N2OS2. The highest BCUT2D eigenvalue weighted by Gasteiger charge is 2.11. The summed E-state index contributed by atoms with van der Waals surface area (Å²) in [5.41, 5.74) is 7.23. The quantitative estimate of drug-likeness (QED) is 0.831. The van der Waals surface area contributed by atoms with Gasteiger partial charge in [-0.1, -0.05) is 18.3 Å². The number of anilines is 1. The van der Waals surface area contributed by atoms with Crippen molar-refractivity contribution < 1.29 is 4.79 Å². The smallest absolute Gasteiger partial charge is 0.226 e. The molecule has 1 aromatic heterocycles. The highest BCUT2D eigenvalue weighted by atomic mass is 32.1. The maximum atomic E-state index is 12.2. The average Bonchev–Trinajstić information content (AvgIpc) is 2.99. The summed E-state index contributed by atoms with van der Waals surface area (Å²) in [5.74, 6) is 0.120. The van der Waals surface area contributed by atoms with E-state index in [0.717, 1.165) is 24.1 Å². The first-order valence-corrected chi connectivity index (χ1v) is 8.05. The zero-order valence-electron chi connectivity index (χ0n) is 11.9. The van der Waals surface area contributed by atoms with Gasteiger partial charge in [-0.2, -0.15) is 0 Å². The molecule has 2 aromatic rings. The van der Waals surface area contributed by atoms with Crippen LogP contribution in [0, 0.1) is 0 Å². The van der Waals surface area contributed by atoms with Crippen LogP contribution in [-0.2, 0) is 11.2 Å². The molecule has 1 aromatic carbocycles. The summed E-state index contributed by atoms with van der Waals surface area (Å²) >= 11 is 6.65. The zero-order valence-corrected chi connectivity index (χ0v) is 13.5. The number of carbonyl (C=O) groups is 1. The number of rotatable bonds is 6. The van der Waals surface area contributed by atoms with E-state index in [4.69, 9.17) is 18.0 Å². The summed E-state index contributed by atoms with van der Waals surface area (Å²) in [6.07, 6.45) is 2.37. The van der Waals surface area contributed by atoms with Crippen molar-refractivity contribution in [2.75, 3.05) is 11.9 Å². The third kappa shape index (κ3) is 4.37. The Morgan fingerprint density at radius 3 is 2.57 bits per heavy atom. The lowest BCUT2D eigenvalue weighted by atomic mass is 10.1. The molecule has 0 unspecified atom stereocenters. The molecule has 0 fully saturated rings. The molecule has 5 heteroatoms. The van der Waals surface area contributed by atoms with Gasteiger partial charge in [0.15, 0.2) is 0 Å². The third-order valence-electron chi connectivity index (χ3n) is 3.31. The number of carbonyl (C=O) groups excluding carboxylic acids is 1. The number of benzene rings is 1. The van der Waals surface area contributed by atoms with Gasteiger partial charge in [0.05, 0.1) is 0 Å². The Bertz CT molecular complexity index is 606. The molecule has 0 spiro atoms. The summed E-state index contributed by atoms with van der Waals surface area (Å²) in [7, 11) is 1.79. The lowest BCUT2D eigenvalue weighted by Crippen LogP contribution is -2.26. The van der Waals surface area contributed by atoms with Gasteiger partial charge < -0.3 is 10.6 Å². The predicted molar refractivity (Wildman–Crippen MR) is 93.0 cm³/mol. The number of thiocarbonyl (C=S) groups is 1. The van der Waals surface area contributed by atoms with Crippen molar-refractivity contribution in [1.82, 2.24) is 0 Å². The SMILES string of the molecule is CN(C(=O)CCCc1cccs1)c1ccc(C(N)=S)cc1. The number of amides is 1. The summed E-state index contributed by atoms with van der Waals surface area (Å²) in [4.78, 5) is 15.5. The molecule has 0 saturated heterocycles. The maximum absolute atomic E-state index is 12.2. The lowest BCUT2D eigenvalue weighted by Gasteiger charge is -2.17. The Hall–Kier alpha value is -1.72. The maximum Gasteiger partial charge on any atom is 0.226 e. The molecule has 0 aliphatic rings. The van der Waals surface area contributed by atoms with E-state index in [0.29, 0.717) is 11.4 Å². The fraction of sp³-hybridized carbons (Fsp3) is 0.250. The summed E-state index contributed by atoms with van der Waals surface area (Å²) in [5, 5.41) is 2.06. The number of thiophene rings is 1. The van der Waals surface area contributed by atoms with Crippen molar-refractivity contribution in [2.45, 2.75) is 19.3 Å². The van der Waals surface area contributed by atoms with Gasteiger partial charge in [-0.05, 0) is 48.6 Å². The zero-order chi connectivity index (χ0) is 15.2. The van der Waals surface area contributed by atoms with Crippen LogP contribution in [0.4, 0.5) is 5.69 Å².